The van der Waals surface area contributed by atoms with Crippen molar-refractivity contribution in [1.82, 2.24) is 5.32 Å². The molecular weight excluding hydrogens is 274 g/mol. The van der Waals surface area contributed by atoms with Gasteiger partial charge in [-0.3, -0.25) is 9.59 Å². The number of Topliss-reactive ketones (excluding diaryl/α,β-unsaturated/α-hetero) is 1. The first-order valence-corrected chi connectivity index (χ1v) is 7.95. The maximum absolute atomic E-state index is 11.9. The summed E-state index contributed by atoms with van der Waals surface area (Å²) in [6, 6.07) is 12.0. The molecule has 0 unspecified atom stereocenters. The number of carbonyl (C=O) groups is 2. The number of carbonyl (C=O) groups excluding carboxylic acids is 2. The molecule has 1 fully saturated rings. The Morgan fingerprint density at radius 3 is 2.64 bits per heavy atom. The van der Waals surface area contributed by atoms with E-state index in [4.69, 9.17) is 0 Å². The van der Waals surface area contributed by atoms with Crippen LogP contribution in [0.4, 0.5) is 0 Å². The molecule has 22 heavy (non-hydrogen) atoms. The van der Waals surface area contributed by atoms with Crippen LogP contribution in [0.2, 0.25) is 0 Å². The molecule has 1 N–H and O–H groups in total. The van der Waals surface area contributed by atoms with Crippen LogP contribution in [-0.4, -0.2) is 18.2 Å². The van der Waals surface area contributed by atoms with Gasteiger partial charge in [0.1, 0.15) is 0 Å². The molecule has 3 nitrogen and oxygen atoms in total. The number of benzene rings is 2. The van der Waals surface area contributed by atoms with Gasteiger partial charge in [-0.05, 0) is 54.7 Å². The molecule has 2 aromatic rings. The molecule has 0 bridgehead atoms. The Bertz CT molecular complexity index is 716. The van der Waals surface area contributed by atoms with Gasteiger partial charge in [-0.2, -0.15) is 0 Å². The fraction of sp³-hybridized carbons (Fsp3) is 0.368. The molecule has 1 aliphatic rings. The van der Waals surface area contributed by atoms with Crippen LogP contribution in [0.1, 0.15) is 42.1 Å². The zero-order chi connectivity index (χ0) is 15.5. The number of hydrogen-bond acceptors (Lipinski definition) is 2. The summed E-state index contributed by atoms with van der Waals surface area (Å²) in [5, 5.41) is 5.26. The summed E-state index contributed by atoms with van der Waals surface area (Å²) in [6.07, 6.45) is 3.96. The third-order valence-corrected chi connectivity index (χ3v) is 4.52. The topological polar surface area (TPSA) is 46.2 Å². The molecule has 0 spiro atoms. The third-order valence-electron chi connectivity index (χ3n) is 4.52. The first-order chi connectivity index (χ1) is 10.6. The average Bonchev–Trinajstić information content (AvgIpc) is 2.45. The Hall–Kier alpha value is -2.16. The molecule has 0 aliphatic heterocycles. The molecule has 3 rings (SSSR count). The van der Waals surface area contributed by atoms with Gasteiger partial charge in [-0.1, -0.05) is 30.7 Å². The van der Waals surface area contributed by atoms with E-state index < -0.39 is 0 Å². The van der Waals surface area contributed by atoms with Crippen molar-refractivity contribution in [2.24, 2.45) is 5.92 Å². The normalized spacial score (nSPS) is 14.6. The van der Waals surface area contributed by atoms with Crippen molar-refractivity contribution in [1.29, 1.82) is 0 Å². The second-order valence-corrected chi connectivity index (χ2v) is 6.08. The highest BCUT2D eigenvalue weighted by atomic mass is 16.2. The monoisotopic (exact) mass is 295 g/mol. The molecule has 0 aromatic heterocycles. The minimum Gasteiger partial charge on any atom is -0.356 e. The van der Waals surface area contributed by atoms with Gasteiger partial charge in [0, 0.05) is 18.0 Å². The van der Waals surface area contributed by atoms with Crippen LogP contribution in [0.3, 0.4) is 0 Å². The van der Waals surface area contributed by atoms with E-state index in [0.717, 1.165) is 41.2 Å². The highest BCUT2D eigenvalue weighted by molar-refractivity contribution is 5.99. The first kappa shape index (κ1) is 14.8. The lowest BCUT2D eigenvalue weighted by atomic mass is 9.85. The van der Waals surface area contributed by atoms with Gasteiger partial charge < -0.3 is 5.32 Å². The van der Waals surface area contributed by atoms with Crippen LogP contribution in [0.5, 0.6) is 0 Å². The molecule has 2 aromatic carbocycles. The fourth-order valence-electron chi connectivity index (χ4n) is 2.94. The van der Waals surface area contributed by atoms with Crippen LogP contribution in [0, 0.1) is 5.92 Å². The first-order valence-electron chi connectivity index (χ1n) is 7.95. The van der Waals surface area contributed by atoms with E-state index in [9.17, 15) is 9.59 Å². The highest BCUT2D eigenvalue weighted by Crippen LogP contribution is 2.26. The maximum Gasteiger partial charge on any atom is 0.223 e. The minimum atomic E-state index is 0.0745. The van der Waals surface area contributed by atoms with Gasteiger partial charge in [0.25, 0.3) is 0 Å². The van der Waals surface area contributed by atoms with Crippen LogP contribution in [0.15, 0.2) is 36.4 Å². The van der Waals surface area contributed by atoms with E-state index in [1.54, 1.807) is 6.92 Å². The van der Waals surface area contributed by atoms with Crippen molar-refractivity contribution in [3.8, 4) is 0 Å². The van der Waals surface area contributed by atoms with E-state index in [1.165, 1.54) is 6.42 Å². The third kappa shape index (κ3) is 3.03. The van der Waals surface area contributed by atoms with E-state index >= 15 is 0 Å². The molecule has 0 atom stereocenters. The van der Waals surface area contributed by atoms with Gasteiger partial charge in [0.2, 0.25) is 5.91 Å². The predicted octanol–water partition coefficient (Wildman–Crippen LogP) is 3.50. The number of fused-ring (bicyclic) bond motifs is 1. The van der Waals surface area contributed by atoms with Crippen LogP contribution in [-0.2, 0) is 11.2 Å². The maximum atomic E-state index is 11.9. The Morgan fingerprint density at radius 1 is 1.18 bits per heavy atom. The van der Waals surface area contributed by atoms with Crippen molar-refractivity contribution in [3.05, 3.63) is 47.5 Å². The van der Waals surface area contributed by atoms with Gasteiger partial charge in [0.05, 0.1) is 0 Å². The van der Waals surface area contributed by atoms with Crippen LogP contribution in [0.25, 0.3) is 10.8 Å². The molecule has 3 heteroatoms. The summed E-state index contributed by atoms with van der Waals surface area (Å²) in [4.78, 5) is 23.6. The number of ketones is 1. The summed E-state index contributed by atoms with van der Waals surface area (Å²) in [5.74, 6) is 0.476. The average molecular weight is 295 g/mol. The Labute approximate surface area is 130 Å². The number of rotatable bonds is 5. The molecule has 0 heterocycles. The van der Waals surface area contributed by atoms with Gasteiger partial charge >= 0.3 is 0 Å². The van der Waals surface area contributed by atoms with Crippen molar-refractivity contribution in [3.63, 3.8) is 0 Å². The largest absolute Gasteiger partial charge is 0.356 e. The predicted molar refractivity (Wildman–Crippen MR) is 88.0 cm³/mol. The van der Waals surface area contributed by atoms with Crippen LogP contribution >= 0.6 is 0 Å². The van der Waals surface area contributed by atoms with Crippen molar-refractivity contribution >= 4 is 22.5 Å². The van der Waals surface area contributed by atoms with E-state index in [0.29, 0.717) is 6.54 Å². The lowest BCUT2D eigenvalue weighted by Crippen LogP contribution is -2.35. The summed E-state index contributed by atoms with van der Waals surface area (Å²) >= 11 is 0. The molecule has 0 radical (unpaired) electrons. The van der Waals surface area contributed by atoms with Gasteiger partial charge in [-0.25, -0.2) is 0 Å². The molecule has 1 amide bonds. The van der Waals surface area contributed by atoms with Crippen molar-refractivity contribution < 1.29 is 9.59 Å². The number of nitrogens with one attached hydrogen (secondary N) is 1. The molecule has 1 saturated carbocycles. The number of hydrogen-bond donors (Lipinski definition) is 1. The summed E-state index contributed by atoms with van der Waals surface area (Å²) in [7, 11) is 0. The van der Waals surface area contributed by atoms with Crippen molar-refractivity contribution in [2.45, 2.75) is 32.6 Å². The Kier molecular flexibility index (Phi) is 4.23. The summed E-state index contributed by atoms with van der Waals surface area (Å²) < 4.78 is 0. The Balaban J connectivity index is 1.76. The highest BCUT2D eigenvalue weighted by Gasteiger charge is 2.24. The number of amides is 1. The fourth-order valence-corrected chi connectivity index (χ4v) is 2.94. The molecule has 1 aliphatic carbocycles. The second-order valence-electron chi connectivity index (χ2n) is 6.08. The Morgan fingerprint density at radius 2 is 1.95 bits per heavy atom. The summed E-state index contributed by atoms with van der Waals surface area (Å²) in [6.45, 7) is 2.22. The zero-order valence-corrected chi connectivity index (χ0v) is 12.9. The molecule has 0 saturated heterocycles. The minimum absolute atomic E-state index is 0.0745. The van der Waals surface area contributed by atoms with Crippen molar-refractivity contribution in [2.75, 3.05) is 6.54 Å². The second kappa shape index (κ2) is 6.30. The standard InChI is InChI=1S/C19H21NO2/c1-13(21)17-11-15-5-2-3-8-18(15)16(12-17)9-10-20-19(22)14-6-4-7-14/h2-3,5,8,11-12,14H,4,6-7,9-10H2,1H3,(H,20,22). The van der Waals surface area contributed by atoms with E-state index in [1.807, 2.05) is 30.3 Å². The van der Waals surface area contributed by atoms with E-state index in [2.05, 4.69) is 11.4 Å². The SMILES string of the molecule is CC(=O)c1cc(CCNC(=O)C2CCC2)c2ccccc2c1. The van der Waals surface area contributed by atoms with Gasteiger partial charge in [-0.15, -0.1) is 0 Å². The molecule has 114 valence electrons. The van der Waals surface area contributed by atoms with E-state index in [-0.39, 0.29) is 17.6 Å². The molecular formula is C19H21NO2. The lowest BCUT2D eigenvalue weighted by molar-refractivity contribution is -0.127. The smallest absolute Gasteiger partial charge is 0.223 e. The summed E-state index contributed by atoms with van der Waals surface area (Å²) in [5.41, 5.74) is 1.86. The zero-order valence-electron chi connectivity index (χ0n) is 12.9. The van der Waals surface area contributed by atoms with Crippen LogP contribution < -0.4 is 5.32 Å². The van der Waals surface area contributed by atoms with Gasteiger partial charge in [0.15, 0.2) is 5.78 Å². The quantitative estimate of drug-likeness (QED) is 0.858. The lowest BCUT2D eigenvalue weighted by Gasteiger charge is -2.24.